The number of rotatable bonds is 5. The topological polar surface area (TPSA) is 75.7 Å². The van der Waals surface area contributed by atoms with Crippen molar-refractivity contribution in [2.24, 2.45) is 0 Å². The van der Waals surface area contributed by atoms with E-state index in [4.69, 9.17) is 0 Å². The quantitative estimate of drug-likeness (QED) is 0.547. The molecule has 9 heteroatoms. The molecular weight excluding hydrogens is 252 g/mol. The fraction of sp³-hybridized carbons (Fsp3) is 0.857. The number of halogens is 3. The lowest BCUT2D eigenvalue weighted by molar-refractivity contribution is -0.217. The maximum absolute atomic E-state index is 11.6. The molecule has 0 saturated carbocycles. The molecule has 0 saturated heterocycles. The number of carbonyl (C=O) groups excluding carboxylic acids is 1. The second-order valence-corrected chi connectivity index (χ2v) is 4.99. The van der Waals surface area contributed by atoms with Gasteiger partial charge in [0.15, 0.2) is 0 Å². The van der Waals surface area contributed by atoms with Crippen LogP contribution >= 0.6 is 7.60 Å². The Bertz CT molecular complexity index is 288. The van der Waals surface area contributed by atoms with Crippen LogP contribution in [0.25, 0.3) is 0 Å². The van der Waals surface area contributed by atoms with Gasteiger partial charge in [-0.2, -0.15) is 13.2 Å². The third kappa shape index (κ3) is 8.70. The molecule has 0 radical (unpaired) electrons. The zero-order chi connectivity index (χ0) is 13.0. The van der Waals surface area contributed by atoms with Crippen LogP contribution in [0.4, 0.5) is 13.2 Å². The standard InChI is InChI=1S/C7H12F3O5P/c1-5(2)15-6(11)3-16(12,13)14-4-7(8,9)10/h5H,3-4H2,1-2H3,(H,12,13)/p-1. The lowest BCUT2D eigenvalue weighted by Crippen LogP contribution is -2.24. The summed E-state index contributed by atoms with van der Waals surface area (Å²) < 4.78 is 53.8. The van der Waals surface area contributed by atoms with Crippen LogP contribution in [0.3, 0.4) is 0 Å². The monoisotopic (exact) mass is 263 g/mol. The highest BCUT2D eigenvalue weighted by Crippen LogP contribution is 2.38. The van der Waals surface area contributed by atoms with E-state index in [2.05, 4.69) is 9.26 Å². The third-order valence-electron chi connectivity index (χ3n) is 1.11. The molecule has 0 fully saturated rings. The highest BCUT2D eigenvalue weighted by molar-refractivity contribution is 7.52. The van der Waals surface area contributed by atoms with E-state index in [-0.39, 0.29) is 0 Å². The van der Waals surface area contributed by atoms with E-state index in [0.717, 1.165) is 0 Å². The summed E-state index contributed by atoms with van der Waals surface area (Å²) in [5.41, 5.74) is 0. The van der Waals surface area contributed by atoms with Crippen molar-refractivity contribution in [1.29, 1.82) is 0 Å². The van der Waals surface area contributed by atoms with E-state index in [1.165, 1.54) is 13.8 Å². The van der Waals surface area contributed by atoms with Gasteiger partial charge in [-0.1, -0.05) is 0 Å². The molecule has 16 heavy (non-hydrogen) atoms. The predicted octanol–water partition coefficient (Wildman–Crippen LogP) is 1.07. The normalized spacial score (nSPS) is 15.9. The van der Waals surface area contributed by atoms with Crippen LogP contribution in [-0.2, 0) is 18.6 Å². The van der Waals surface area contributed by atoms with Crippen LogP contribution in [0.2, 0.25) is 0 Å². The Labute approximate surface area is 90.1 Å². The molecule has 96 valence electrons. The summed E-state index contributed by atoms with van der Waals surface area (Å²) in [5, 5.41) is 0. The Kier molecular flexibility index (Phi) is 5.44. The van der Waals surface area contributed by atoms with E-state index in [1.807, 2.05) is 0 Å². The molecule has 0 aromatic rings. The second-order valence-electron chi connectivity index (χ2n) is 3.20. The summed E-state index contributed by atoms with van der Waals surface area (Å²) in [7, 11) is -4.85. The molecule has 1 atom stereocenters. The fourth-order valence-corrected chi connectivity index (χ4v) is 1.50. The van der Waals surface area contributed by atoms with Crippen LogP contribution in [0.1, 0.15) is 13.8 Å². The summed E-state index contributed by atoms with van der Waals surface area (Å²) in [6.07, 6.45) is -6.52. The number of hydrogen-bond acceptors (Lipinski definition) is 5. The number of ether oxygens (including phenoxy) is 1. The third-order valence-corrected chi connectivity index (χ3v) is 2.28. The highest BCUT2D eigenvalue weighted by Gasteiger charge is 2.30. The Balaban J connectivity index is 4.15. The first-order chi connectivity index (χ1) is 7.02. The van der Waals surface area contributed by atoms with Gasteiger partial charge in [-0.15, -0.1) is 0 Å². The summed E-state index contributed by atoms with van der Waals surface area (Å²) in [6, 6.07) is 0. The molecule has 0 amide bonds. The van der Waals surface area contributed by atoms with Gasteiger partial charge in [-0.25, -0.2) is 0 Å². The van der Waals surface area contributed by atoms with Crippen molar-refractivity contribution in [3.05, 3.63) is 0 Å². The number of carbonyl (C=O) groups is 1. The summed E-state index contributed by atoms with van der Waals surface area (Å²) in [6.45, 7) is 1.01. The van der Waals surface area contributed by atoms with Crippen molar-refractivity contribution < 1.29 is 36.7 Å². The van der Waals surface area contributed by atoms with Gasteiger partial charge in [-0.3, -0.25) is 4.79 Å². The van der Waals surface area contributed by atoms with Gasteiger partial charge in [-0.05, 0) is 13.8 Å². The molecule has 0 heterocycles. The van der Waals surface area contributed by atoms with Crippen molar-refractivity contribution in [2.75, 3.05) is 12.8 Å². The molecule has 0 rings (SSSR count). The van der Waals surface area contributed by atoms with Gasteiger partial charge in [0.25, 0.3) is 0 Å². The zero-order valence-electron chi connectivity index (χ0n) is 8.61. The minimum Gasteiger partial charge on any atom is -0.778 e. The van der Waals surface area contributed by atoms with Crippen LogP contribution in [-0.4, -0.2) is 31.0 Å². The summed E-state index contributed by atoms with van der Waals surface area (Å²) >= 11 is 0. The van der Waals surface area contributed by atoms with E-state index in [1.54, 1.807) is 0 Å². The number of hydrogen-bond donors (Lipinski definition) is 0. The molecule has 0 bridgehead atoms. The average Bonchev–Trinajstić information content (AvgIpc) is 1.96. The van der Waals surface area contributed by atoms with Crippen molar-refractivity contribution >= 4 is 13.6 Å². The van der Waals surface area contributed by atoms with Gasteiger partial charge in [0.2, 0.25) is 0 Å². The first-order valence-corrected chi connectivity index (χ1v) is 5.95. The molecule has 0 aliphatic heterocycles. The first-order valence-electron chi connectivity index (χ1n) is 4.23. The average molecular weight is 263 g/mol. The zero-order valence-corrected chi connectivity index (χ0v) is 9.51. The molecule has 0 N–H and O–H groups in total. The van der Waals surface area contributed by atoms with E-state index >= 15 is 0 Å². The largest absolute Gasteiger partial charge is 0.778 e. The van der Waals surface area contributed by atoms with Gasteiger partial charge >= 0.3 is 12.1 Å². The summed E-state index contributed by atoms with van der Waals surface area (Å²) in [5.74, 6) is -1.14. The van der Waals surface area contributed by atoms with Crippen LogP contribution < -0.4 is 4.89 Å². The predicted molar refractivity (Wildman–Crippen MR) is 45.7 cm³/mol. The van der Waals surface area contributed by atoms with E-state index in [0.29, 0.717) is 0 Å². The lowest BCUT2D eigenvalue weighted by Gasteiger charge is -2.23. The SMILES string of the molecule is CC(C)OC(=O)CP(=O)([O-])OCC(F)(F)F. The van der Waals surface area contributed by atoms with Gasteiger partial charge < -0.3 is 18.7 Å². The first kappa shape index (κ1) is 15.4. The minimum absolute atomic E-state index is 0.546. The lowest BCUT2D eigenvalue weighted by atomic mass is 10.5. The summed E-state index contributed by atoms with van der Waals surface area (Å²) in [4.78, 5) is 21.7. The Morgan fingerprint density at radius 2 is 1.94 bits per heavy atom. The number of alkyl halides is 3. The Morgan fingerprint density at radius 1 is 1.44 bits per heavy atom. The van der Waals surface area contributed by atoms with Gasteiger partial charge in [0.1, 0.15) is 20.4 Å². The second kappa shape index (κ2) is 5.65. The van der Waals surface area contributed by atoms with Crippen molar-refractivity contribution in [3.63, 3.8) is 0 Å². The molecule has 0 spiro atoms. The van der Waals surface area contributed by atoms with Crippen molar-refractivity contribution in [3.8, 4) is 0 Å². The molecule has 0 aliphatic rings. The van der Waals surface area contributed by atoms with Crippen molar-refractivity contribution in [2.45, 2.75) is 26.1 Å². The Hall–Kier alpha value is -0.590. The highest BCUT2D eigenvalue weighted by atomic mass is 31.2. The molecule has 0 aliphatic carbocycles. The maximum Gasteiger partial charge on any atom is 0.412 e. The van der Waals surface area contributed by atoms with Gasteiger partial charge in [0.05, 0.1) is 6.10 Å². The molecule has 5 nitrogen and oxygen atoms in total. The van der Waals surface area contributed by atoms with Crippen LogP contribution in [0.5, 0.6) is 0 Å². The van der Waals surface area contributed by atoms with Gasteiger partial charge in [0, 0.05) is 0 Å². The smallest absolute Gasteiger partial charge is 0.412 e. The maximum atomic E-state index is 11.6. The Morgan fingerprint density at radius 3 is 2.31 bits per heavy atom. The molecule has 1 unspecified atom stereocenters. The van der Waals surface area contributed by atoms with Crippen molar-refractivity contribution in [1.82, 2.24) is 0 Å². The minimum atomic E-state index is -4.85. The molecule has 0 aromatic heterocycles. The fourth-order valence-electron chi connectivity index (χ4n) is 0.675. The van der Waals surface area contributed by atoms with E-state index < -0.39 is 38.6 Å². The molecular formula is C7H11F3O5P-. The van der Waals surface area contributed by atoms with Crippen LogP contribution in [0.15, 0.2) is 0 Å². The van der Waals surface area contributed by atoms with Crippen LogP contribution in [0, 0.1) is 0 Å². The molecule has 0 aromatic carbocycles. The van der Waals surface area contributed by atoms with E-state index in [9.17, 15) is 27.4 Å². The number of esters is 1.